The molecule has 1 saturated carbocycles. The highest BCUT2D eigenvalue weighted by atomic mass is 16.3. The summed E-state index contributed by atoms with van der Waals surface area (Å²) in [6, 6.07) is 0. The van der Waals surface area contributed by atoms with Crippen LogP contribution in [0.15, 0.2) is 10.7 Å². The van der Waals surface area contributed by atoms with Crippen LogP contribution >= 0.6 is 0 Å². The molecule has 2 rings (SSSR count). The molecule has 0 aromatic carbocycles. The van der Waals surface area contributed by atoms with E-state index in [-0.39, 0.29) is 0 Å². The van der Waals surface area contributed by atoms with Crippen molar-refractivity contribution in [1.29, 1.82) is 0 Å². The lowest BCUT2D eigenvalue weighted by Gasteiger charge is -2.21. The lowest BCUT2D eigenvalue weighted by atomic mass is 9.85. The highest BCUT2D eigenvalue weighted by Crippen LogP contribution is 2.39. The Morgan fingerprint density at radius 3 is 2.53 bits per heavy atom. The predicted octanol–water partition coefficient (Wildman–Crippen LogP) is 5.08. The first-order valence-corrected chi connectivity index (χ1v) is 6.99. The van der Waals surface area contributed by atoms with Crippen molar-refractivity contribution in [3.8, 4) is 0 Å². The third kappa shape index (κ3) is 4.18. The lowest BCUT2D eigenvalue weighted by molar-refractivity contribution is 0.310. The van der Waals surface area contributed by atoms with Gasteiger partial charge in [0.1, 0.15) is 6.26 Å². The van der Waals surface area contributed by atoms with Crippen molar-refractivity contribution < 1.29 is 4.42 Å². The molecule has 0 bridgehead atoms. The van der Waals surface area contributed by atoms with Gasteiger partial charge in [-0.2, -0.15) is 0 Å². The summed E-state index contributed by atoms with van der Waals surface area (Å²) in [5.41, 5.74) is 1.52. The summed E-state index contributed by atoms with van der Waals surface area (Å²) in [6.07, 6.45) is 8.17. The molecule has 1 fully saturated rings. The van der Waals surface area contributed by atoms with Gasteiger partial charge in [0.2, 0.25) is 0 Å². The summed E-state index contributed by atoms with van der Waals surface area (Å²) in [4.78, 5) is 4.46. The van der Waals surface area contributed by atoms with Crippen LogP contribution in [-0.2, 0) is 0 Å². The lowest BCUT2D eigenvalue weighted by Crippen LogP contribution is -2.08. The minimum absolute atomic E-state index is 0.510. The van der Waals surface area contributed by atoms with Crippen LogP contribution in [0.3, 0.4) is 0 Å². The van der Waals surface area contributed by atoms with Crippen LogP contribution in [0.5, 0.6) is 0 Å². The van der Waals surface area contributed by atoms with E-state index in [2.05, 4.69) is 18.8 Å². The molecule has 17 heavy (non-hydrogen) atoms. The van der Waals surface area contributed by atoms with Crippen molar-refractivity contribution in [2.75, 3.05) is 0 Å². The van der Waals surface area contributed by atoms with Crippen molar-refractivity contribution in [2.24, 2.45) is 5.41 Å². The zero-order chi connectivity index (χ0) is 12.9. The molecule has 0 saturated heterocycles. The summed E-state index contributed by atoms with van der Waals surface area (Å²) in [5.74, 6) is 1.52. The van der Waals surface area contributed by atoms with E-state index in [9.17, 15) is 0 Å². The van der Waals surface area contributed by atoms with E-state index < -0.39 is 0 Å². The molecule has 0 aliphatic heterocycles. The first kappa shape index (κ1) is 14.3. The molecule has 98 valence electrons. The molecule has 1 aliphatic carbocycles. The van der Waals surface area contributed by atoms with Gasteiger partial charge in [-0.1, -0.05) is 34.1 Å². The maximum absolute atomic E-state index is 5.52. The SMILES string of the molecule is CC.Cc1coc(C2CCCC(C)(C)CC2)n1. The van der Waals surface area contributed by atoms with Crippen molar-refractivity contribution in [1.82, 2.24) is 4.98 Å². The Morgan fingerprint density at radius 1 is 1.24 bits per heavy atom. The Labute approximate surface area is 106 Å². The Bertz CT molecular complexity index is 327. The first-order chi connectivity index (χ1) is 8.07. The quantitative estimate of drug-likeness (QED) is 0.636. The van der Waals surface area contributed by atoms with Crippen LogP contribution in [-0.4, -0.2) is 4.98 Å². The van der Waals surface area contributed by atoms with Crippen LogP contribution in [0.1, 0.15) is 77.3 Å². The second-order valence-electron chi connectivity index (χ2n) is 5.62. The van der Waals surface area contributed by atoms with E-state index in [0.717, 1.165) is 11.6 Å². The van der Waals surface area contributed by atoms with Crippen molar-refractivity contribution >= 4 is 0 Å². The van der Waals surface area contributed by atoms with Gasteiger partial charge in [-0.25, -0.2) is 4.98 Å². The normalized spacial score (nSPS) is 23.5. The van der Waals surface area contributed by atoms with Crippen LogP contribution < -0.4 is 0 Å². The monoisotopic (exact) mass is 237 g/mol. The average molecular weight is 237 g/mol. The molecule has 1 heterocycles. The van der Waals surface area contributed by atoms with Gasteiger partial charge < -0.3 is 4.42 Å². The summed E-state index contributed by atoms with van der Waals surface area (Å²) in [7, 11) is 0. The summed E-state index contributed by atoms with van der Waals surface area (Å²) in [5, 5.41) is 0. The highest BCUT2D eigenvalue weighted by Gasteiger charge is 2.27. The Balaban J connectivity index is 0.000000686. The van der Waals surface area contributed by atoms with Crippen molar-refractivity contribution in [2.45, 2.75) is 72.6 Å². The summed E-state index contributed by atoms with van der Waals surface area (Å²) < 4.78 is 5.52. The number of nitrogens with zero attached hydrogens (tertiary/aromatic N) is 1. The van der Waals surface area contributed by atoms with Gasteiger partial charge in [0.05, 0.1) is 5.69 Å². The molecule has 0 amide bonds. The van der Waals surface area contributed by atoms with Crippen LogP contribution in [0, 0.1) is 12.3 Å². The van der Waals surface area contributed by atoms with E-state index in [1.165, 1.54) is 32.1 Å². The molecule has 1 unspecified atom stereocenters. The number of oxazole rings is 1. The fraction of sp³-hybridized carbons (Fsp3) is 0.800. The molecule has 1 atom stereocenters. The summed E-state index contributed by atoms with van der Waals surface area (Å²) >= 11 is 0. The van der Waals surface area contributed by atoms with Crippen LogP contribution in [0.25, 0.3) is 0 Å². The standard InChI is InChI=1S/C13H21NO.C2H6/c1-10-9-15-12(14-10)11-5-4-7-13(2,3)8-6-11;1-2/h9,11H,4-8H2,1-3H3;1-2H3. The number of hydrogen-bond donors (Lipinski definition) is 0. The topological polar surface area (TPSA) is 26.0 Å². The number of aryl methyl sites for hydroxylation is 1. The second kappa shape index (κ2) is 6.23. The third-order valence-electron chi connectivity index (χ3n) is 3.56. The zero-order valence-corrected chi connectivity index (χ0v) is 12.0. The van der Waals surface area contributed by atoms with Crippen LogP contribution in [0.2, 0.25) is 0 Å². The molecule has 1 aromatic rings. The summed E-state index contributed by atoms with van der Waals surface area (Å²) in [6.45, 7) is 10.7. The predicted molar refractivity (Wildman–Crippen MR) is 72.2 cm³/mol. The molecule has 0 spiro atoms. The highest BCUT2D eigenvalue weighted by molar-refractivity contribution is 5.00. The van der Waals surface area contributed by atoms with Gasteiger partial charge in [-0.15, -0.1) is 0 Å². The minimum atomic E-state index is 0.510. The van der Waals surface area contributed by atoms with Crippen molar-refractivity contribution in [3.05, 3.63) is 17.8 Å². The van der Waals surface area contributed by atoms with Gasteiger partial charge in [0.25, 0.3) is 0 Å². The average Bonchev–Trinajstić information content (AvgIpc) is 2.64. The fourth-order valence-electron chi connectivity index (χ4n) is 2.47. The Kier molecular flexibility index (Phi) is 5.23. The largest absolute Gasteiger partial charge is 0.448 e. The van der Waals surface area contributed by atoms with E-state index in [4.69, 9.17) is 4.42 Å². The van der Waals surface area contributed by atoms with Crippen LogP contribution in [0.4, 0.5) is 0 Å². The molecule has 2 nitrogen and oxygen atoms in total. The molecular weight excluding hydrogens is 210 g/mol. The molecular formula is C15H27NO. The molecule has 1 aliphatic rings. The molecule has 1 aromatic heterocycles. The minimum Gasteiger partial charge on any atom is -0.448 e. The van der Waals surface area contributed by atoms with Crippen molar-refractivity contribution in [3.63, 3.8) is 0 Å². The number of aromatic nitrogens is 1. The van der Waals surface area contributed by atoms with E-state index in [1.54, 1.807) is 6.26 Å². The molecule has 0 radical (unpaired) electrons. The van der Waals surface area contributed by atoms with Gasteiger partial charge in [-0.3, -0.25) is 0 Å². The molecule has 0 N–H and O–H groups in total. The zero-order valence-electron chi connectivity index (χ0n) is 12.0. The maximum Gasteiger partial charge on any atom is 0.197 e. The smallest absolute Gasteiger partial charge is 0.197 e. The Hall–Kier alpha value is -0.790. The molecule has 2 heteroatoms. The van der Waals surface area contributed by atoms with Gasteiger partial charge >= 0.3 is 0 Å². The van der Waals surface area contributed by atoms with E-state index >= 15 is 0 Å². The Morgan fingerprint density at radius 2 is 1.94 bits per heavy atom. The van der Waals surface area contributed by atoms with Gasteiger partial charge in [0.15, 0.2) is 5.89 Å². The number of rotatable bonds is 1. The second-order valence-corrected chi connectivity index (χ2v) is 5.62. The maximum atomic E-state index is 5.52. The van der Waals surface area contributed by atoms with E-state index in [1.807, 2.05) is 20.8 Å². The fourth-order valence-corrected chi connectivity index (χ4v) is 2.47. The van der Waals surface area contributed by atoms with E-state index in [0.29, 0.717) is 11.3 Å². The first-order valence-electron chi connectivity index (χ1n) is 6.99. The number of hydrogen-bond acceptors (Lipinski definition) is 2. The third-order valence-corrected chi connectivity index (χ3v) is 3.56. The van der Waals surface area contributed by atoms with Gasteiger partial charge in [-0.05, 0) is 38.0 Å². The van der Waals surface area contributed by atoms with Gasteiger partial charge in [0, 0.05) is 5.92 Å².